The Labute approximate surface area is 111 Å². The molecule has 0 bridgehead atoms. The van der Waals surface area contributed by atoms with E-state index in [-0.39, 0.29) is 11.7 Å². The minimum atomic E-state index is -0.194. The SMILES string of the molecule is CCOC(C)Oc1ccc(C(C)C(C)(C)C)cc1. The largest absolute Gasteiger partial charge is 0.465 e. The molecule has 0 radical (unpaired) electrons. The zero-order valence-electron chi connectivity index (χ0n) is 12.5. The van der Waals surface area contributed by atoms with Crippen molar-refractivity contribution in [2.75, 3.05) is 6.61 Å². The smallest absolute Gasteiger partial charge is 0.196 e. The van der Waals surface area contributed by atoms with E-state index >= 15 is 0 Å². The molecule has 102 valence electrons. The molecule has 0 spiro atoms. The van der Waals surface area contributed by atoms with Crippen molar-refractivity contribution in [3.63, 3.8) is 0 Å². The molecule has 2 nitrogen and oxygen atoms in total. The van der Waals surface area contributed by atoms with Gasteiger partial charge in [-0.15, -0.1) is 0 Å². The van der Waals surface area contributed by atoms with Crippen LogP contribution in [0, 0.1) is 5.41 Å². The van der Waals surface area contributed by atoms with E-state index in [1.807, 2.05) is 26.0 Å². The van der Waals surface area contributed by atoms with Gasteiger partial charge in [0.25, 0.3) is 0 Å². The highest BCUT2D eigenvalue weighted by Gasteiger charge is 2.21. The Balaban J connectivity index is 2.68. The van der Waals surface area contributed by atoms with Crippen LogP contribution in [0.5, 0.6) is 5.75 Å². The highest BCUT2D eigenvalue weighted by atomic mass is 16.7. The first-order valence-electron chi connectivity index (χ1n) is 6.72. The summed E-state index contributed by atoms with van der Waals surface area (Å²) in [6.07, 6.45) is -0.194. The van der Waals surface area contributed by atoms with Gasteiger partial charge in [0.15, 0.2) is 6.29 Å². The van der Waals surface area contributed by atoms with E-state index in [2.05, 4.69) is 39.8 Å². The molecule has 0 amide bonds. The van der Waals surface area contributed by atoms with E-state index < -0.39 is 0 Å². The van der Waals surface area contributed by atoms with Crippen LogP contribution in [0.2, 0.25) is 0 Å². The van der Waals surface area contributed by atoms with Gasteiger partial charge >= 0.3 is 0 Å². The summed E-state index contributed by atoms with van der Waals surface area (Å²) >= 11 is 0. The first-order valence-corrected chi connectivity index (χ1v) is 6.72. The zero-order chi connectivity index (χ0) is 13.8. The fourth-order valence-electron chi connectivity index (χ4n) is 1.80. The number of ether oxygens (including phenoxy) is 2. The normalized spacial score (nSPS) is 15.2. The third-order valence-corrected chi connectivity index (χ3v) is 3.38. The lowest BCUT2D eigenvalue weighted by atomic mass is 9.78. The van der Waals surface area contributed by atoms with Crippen molar-refractivity contribution in [3.05, 3.63) is 29.8 Å². The van der Waals surface area contributed by atoms with Crippen LogP contribution in [0.4, 0.5) is 0 Å². The Morgan fingerprint density at radius 2 is 1.61 bits per heavy atom. The molecule has 0 aliphatic carbocycles. The van der Waals surface area contributed by atoms with Crippen LogP contribution in [-0.2, 0) is 4.74 Å². The lowest BCUT2D eigenvalue weighted by molar-refractivity contribution is -0.0613. The minimum absolute atomic E-state index is 0.194. The van der Waals surface area contributed by atoms with Gasteiger partial charge in [0.2, 0.25) is 0 Å². The molecule has 0 fully saturated rings. The van der Waals surface area contributed by atoms with Gasteiger partial charge in [0.05, 0.1) is 0 Å². The summed E-state index contributed by atoms with van der Waals surface area (Å²) in [6.45, 7) is 13.6. The summed E-state index contributed by atoms with van der Waals surface area (Å²) in [5.74, 6) is 1.39. The summed E-state index contributed by atoms with van der Waals surface area (Å²) in [7, 11) is 0. The van der Waals surface area contributed by atoms with Gasteiger partial charge in [-0.25, -0.2) is 0 Å². The third kappa shape index (κ3) is 4.34. The molecule has 2 atom stereocenters. The fourth-order valence-corrected chi connectivity index (χ4v) is 1.80. The highest BCUT2D eigenvalue weighted by Crippen LogP contribution is 2.34. The van der Waals surface area contributed by atoms with E-state index in [0.29, 0.717) is 12.5 Å². The van der Waals surface area contributed by atoms with Crippen molar-refractivity contribution in [3.8, 4) is 5.75 Å². The lowest BCUT2D eigenvalue weighted by Gasteiger charge is -2.27. The summed E-state index contributed by atoms with van der Waals surface area (Å²) in [5, 5.41) is 0. The zero-order valence-corrected chi connectivity index (χ0v) is 12.5. The second-order valence-corrected chi connectivity index (χ2v) is 5.80. The topological polar surface area (TPSA) is 18.5 Å². The van der Waals surface area contributed by atoms with Gasteiger partial charge < -0.3 is 9.47 Å². The van der Waals surface area contributed by atoms with Crippen LogP contribution in [0.1, 0.15) is 53.0 Å². The molecule has 1 rings (SSSR count). The van der Waals surface area contributed by atoms with Crippen molar-refractivity contribution in [2.45, 2.75) is 53.8 Å². The van der Waals surface area contributed by atoms with Gasteiger partial charge in [-0.3, -0.25) is 0 Å². The van der Waals surface area contributed by atoms with Crippen LogP contribution in [0.3, 0.4) is 0 Å². The molecule has 2 unspecified atom stereocenters. The number of hydrogen-bond donors (Lipinski definition) is 0. The third-order valence-electron chi connectivity index (χ3n) is 3.38. The lowest BCUT2D eigenvalue weighted by Crippen LogP contribution is -2.17. The van der Waals surface area contributed by atoms with Crippen molar-refractivity contribution in [1.29, 1.82) is 0 Å². The molecule has 0 aromatic heterocycles. The van der Waals surface area contributed by atoms with Gasteiger partial charge in [0, 0.05) is 6.61 Å². The summed E-state index contributed by atoms with van der Waals surface area (Å²) in [6, 6.07) is 8.33. The predicted octanol–water partition coefficient (Wildman–Crippen LogP) is 4.60. The monoisotopic (exact) mass is 250 g/mol. The average Bonchev–Trinajstić information content (AvgIpc) is 2.28. The molecule has 1 aromatic rings. The molecule has 0 saturated carbocycles. The van der Waals surface area contributed by atoms with Crippen LogP contribution in [0.25, 0.3) is 0 Å². The Bertz CT molecular complexity index is 348. The number of rotatable bonds is 5. The second-order valence-electron chi connectivity index (χ2n) is 5.80. The Morgan fingerprint density at radius 3 is 2.06 bits per heavy atom. The Hall–Kier alpha value is -1.02. The van der Waals surface area contributed by atoms with Crippen molar-refractivity contribution < 1.29 is 9.47 Å². The molecule has 0 aliphatic heterocycles. The molecule has 0 N–H and O–H groups in total. The van der Waals surface area contributed by atoms with E-state index in [4.69, 9.17) is 9.47 Å². The average molecular weight is 250 g/mol. The maximum Gasteiger partial charge on any atom is 0.196 e. The Morgan fingerprint density at radius 1 is 1.06 bits per heavy atom. The molecule has 0 heterocycles. The summed E-state index contributed by atoms with van der Waals surface area (Å²) < 4.78 is 11.0. The first kappa shape index (κ1) is 15.0. The number of benzene rings is 1. The first-order chi connectivity index (χ1) is 8.34. The fraction of sp³-hybridized carbons (Fsp3) is 0.625. The second kappa shape index (κ2) is 6.24. The van der Waals surface area contributed by atoms with E-state index in [1.165, 1.54) is 5.56 Å². The van der Waals surface area contributed by atoms with Crippen LogP contribution < -0.4 is 4.74 Å². The van der Waals surface area contributed by atoms with Gasteiger partial charge in [-0.05, 0) is 42.9 Å². The van der Waals surface area contributed by atoms with E-state index in [9.17, 15) is 0 Å². The number of hydrogen-bond acceptors (Lipinski definition) is 2. The molecular weight excluding hydrogens is 224 g/mol. The van der Waals surface area contributed by atoms with Crippen molar-refractivity contribution >= 4 is 0 Å². The molecule has 2 heteroatoms. The minimum Gasteiger partial charge on any atom is -0.465 e. The quantitative estimate of drug-likeness (QED) is 0.711. The van der Waals surface area contributed by atoms with Gasteiger partial charge in [-0.2, -0.15) is 0 Å². The van der Waals surface area contributed by atoms with Crippen molar-refractivity contribution in [1.82, 2.24) is 0 Å². The summed E-state index contributed by atoms with van der Waals surface area (Å²) in [4.78, 5) is 0. The molecule has 18 heavy (non-hydrogen) atoms. The van der Waals surface area contributed by atoms with Crippen LogP contribution in [0.15, 0.2) is 24.3 Å². The van der Waals surface area contributed by atoms with Crippen molar-refractivity contribution in [2.24, 2.45) is 5.41 Å². The molecule has 0 saturated heterocycles. The molecule has 0 aliphatic rings. The highest BCUT2D eigenvalue weighted by molar-refractivity contribution is 5.30. The van der Waals surface area contributed by atoms with Gasteiger partial charge in [-0.1, -0.05) is 39.8 Å². The predicted molar refractivity (Wildman–Crippen MR) is 76.0 cm³/mol. The van der Waals surface area contributed by atoms with Crippen LogP contribution in [-0.4, -0.2) is 12.9 Å². The standard InChI is InChI=1S/C16H26O2/c1-7-17-13(3)18-15-10-8-14(9-11-15)12(2)16(4,5)6/h8-13H,7H2,1-6H3. The maximum absolute atomic E-state index is 5.65. The molecule has 1 aromatic carbocycles. The van der Waals surface area contributed by atoms with Crippen LogP contribution >= 0.6 is 0 Å². The maximum atomic E-state index is 5.65. The van der Waals surface area contributed by atoms with E-state index in [1.54, 1.807) is 0 Å². The van der Waals surface area contributed by atoms with Gasteiger partial charge in [0.1, 0.15) is 5.75 Å². The molecular formula is C16H26O2. The summed E-state index contributed by atoms with van der Waals surface area (Å²) in [5.41, 5.74) is 1.62. The van der Waals surface area contributed by atoms with E-state index in [0.717, 1.165) is 5.75 Å². The Kier molecular flexibility index (Phi) is 5.21.